The molecule has 1 aromatic heterocycles. The van der Waals surface area contributed by atoms with Gasteiger partial charge in [0.1, 0.15) is 0 Å². The van der Waals surface area contributed by atoms with Gasteiger partial charge in [-0.2, -0.15) is 5.10 Å². The third-order valence-corrected chi connectivity index (χ3v) is 4.28. The number of carbonyl (C=O) groups excluding carboxylic acids is 1. The van der Waals surface area contributed by atoms with Crippen LogP contribution >= 0.6 is 33.9 Å². The van der Waals surface area contributed by atoms with E-state index in [4.69, 9.17) is 0 Å². The fourth-order valence-corrected chi connectivity index (χ4v) is 2.95. The molecule has 0 saturated carbocycles. The summed E-state index contributed by atoms with van der Waals surface area (Å²) < 4.78 is 0.332. The van der Waals surface area contributed by atoms with Gasteiger partial charge in [-0.15, -0.1) is 11.3 Å². The van der Waals surface area contributed by atoms with Crippen molar-refractivity contribution in [3.63, 3.8) is 0 Å². The maximum Gasteiger partial charge on any atom is 0.312 e. The minimum Gasteiger partial charge on any atom is -0.501 e. The third-order valence-electron chi connectivity index (χ3n) is 2.58. The first-order valence-corrected chi connectivity index (χ1v) is 7.94. The summed E-state index contributed by atoms with van der Waals surface area (Å²) in [6, 6.07) is 6.41. The van der Waals surface area contributed by atoms with Gasteiger partial charge in [-0.25, -0.2) is 5.43 Å². The number of hydrogen-bond acceptors (Lipinski definition) is 6. The Bertz CT molecular complexity index is 731. The molecule has 2 N–H and O–H groups in total. The van der Waals surface area contributed by atoms with Gasteiger partial charge in [0.2, 0.25) is 11.7 Å². The molecule has 0 aliphatic heterocycles. The second kappa shape index (κ2) is 7.31. The van der Waals surface area contributed by atoms with E-state index in [1.165, 1.54) is 29.7 Å². The van der Waals surface area contributed by atoms with Crippen molar-refractivity contribution in [1.29, 1.82) is 0 Å². The number of thiophene rings is 1. The van der Waals surface area contributed by atoms with Gasteiger partial charge in [0.05, 0.1) is 21.1 Å². The Kier molecular flexibility index (Phi) is 5.44. The molecule has 0 fully saturated rings. The summed E-state index contributed by atoms with van der Waals surface area (Å²) in [6.07, 6.45) is 1.52. The van der Waals surface area contributed by atoms with Crippen LogP contribution in [0.1, 0.15) is 10.4 Å². The Morgan fingerprint density at radius 1 is 1.55 bits per heavy atom. The zero-order valence-electron chi connectivity index (χ0n) is 11.0. The summed E-state index contributed by atoms with van der Waals surface area (Å²) in [7, 11) is 0. The van der Waals surface area contributed by atoms with Crippen LogP contribution in [0.15, 0.2) is 34.7 Å². The van der Waals surface area contributed by atoms with Gasteiger partial charge < -0.3 is 5.11 Å². The van der Waals surface area contributed by atoms with Crippen LogP contribution in [0, 0.1) is 13.7 Å². The van der Waals surface area contributed by atoms with Crippen LogP contribution in [0.4, 0.5) is 5.69 Å². The molecular weight excluding hydrogens is 421 g/mol. The molecule has 1 amide bonds. The first-order valence-electron chi connectivity index (χ1n) is 5.98. The molecule has 7 nitrogen and oxygen atoms in total. The van der Waals surface area contributed by atoms with Crippen molar-refractivity contribution in [3.05, 3.63) is 53.8 Å². The summed E-state index contributed by atoms with van der Waals surface area (Å²) in [6.45, 7) is 0. The molecule has 0 unspecified atom stereocenters. The van der Waals surface area contributed by atoms with Crippen molar-refractivity contribution in [3.8, 4) is 5.75 Å². The number of hydrazone groups is 1. The van der Waals surface area contributed by atoms with Gasteiger partial charge in [-0.3, -0.25) is 14.9 Å². The summed E-state index contributed by atoms with van der Waals surface area (Å²) in [5.41, 5.74) is 2.36. The second-order valence-electron chi connectivity index (χ2n) is 4.18. The van der Waals surface area contributed by atoms with Crippen LogP contribution in [0.2, 0.25) is 0 Å². The van der Waals surface area contributed by atoms with E-state index in [0.717, 1.165) is 4.88 Å². The first kappa shape index (κ1) is 16.4. The quantitative estimate of drug-likeness (QED) is 0.329. The van der Waals surface area contributed by atoms with E-state index in [-0.39, 0.29) is 18.1 Å². The second-order valence-corrected chi connectivity index (χ2v) is 6.37. The van der Waals surface area contributed by atoms with Crippen molar-refractivity contribution < 1.29 is 14.8 Å². The van der Waals surface area contributed by atoms with Crippen molar-refractivity contribution in [1.82, 2.24) is 5.43 Å². The van der Waals surface area contributed by atoms with E-state index >= 15 is 0 Å². The highest BCUT2D eigenvalue weighted by Crippen LogP contribution is 2.31. The fourth-order valence-electron chi connectivity index (χ4n) is 1.61. The number of aromatic hydroxyl groups is 1. The molecule has 0 saturated heterocycles. The lowest BCUT2D eigenvalue weighted by atomic mass is 10.2. The van der Waals surface area contributed by atoms with E-state index in [2.05, 4.69) is 10.5 Å². The smallest absolute Gasteiger partial charge is 0.312 e. The molecule has 0 aliphatic rings. The lowest BCUT2D eigenvalue weighted by Gasteiger charge is -2.01. The highest BCUT2D eigenvalue weighted by atomic mass is 127. The number of nitrogens with zero attached hydrogens (tertiary/aromatic N) is 2. The molecule has 114 valence electrons. The van der Waals surface area contributed by atoms with Gasteiger partial charge in [0.25, 0.3) is 0 Å². The number of amides is 1. The molecule has 0 radical (unpaired) electrons. The summed E-state index contributed by atoms with van der Waals surface area (Å²) >= 11 is 3.26. The topological polar surface area (TPSA) is 105 Å². The van der Waals surface area contributed by atoms with E-state index in [0.29, 0.717) is 9.13 Å². The van der Waals surface area contributed by atoms with E-state index in [1.807, 2.05) is 17.5 Å². The van der Waals surface area contributed by atoms with E-state index in [1.54, 1.807) is 22.6 Å². The number of nitrogens with one attached hydrogen (secondary N) is 1. The number of rotatable bonds is 5. The number of nitro benzene ring substituents is 1. The molecular formula is C13H10IN3O4S. The zero-order valence-corrected chi connectivity index (χ0v) is 14.0. The number of nitro groups is 1. The van der Waals surface area contributed by atoms with Crippen molar-refractivity contribution >= 4 is 51.7 Å². The van der Waals surface area contributed by atoms with Crippen molar-refractivity contribution in [2.24, 2.45) is 5.10 Å². The molecule has 2 rings (SSSR count). The minimum atomic E-state index is -0.676. The van der Waals surface area contributed by atoms with Crippen LogP contribution in [-0.2, 0) is 11.2 Å². The summed E-state index contributed by atoms with van der Waals surface area (Å²) in [4.78, 5) is 22.7. The van der Waals surface area contributed by atoms with E-state index < -0.39 is 10.6 Å². The Hall–Kier alpha value is -2.01. The van der Waals surface area contributed by atoms with E-state index in [9.17, 15) is 20.0 Å². The lowest BCUT2D eigenvalue weighted by molar-refractivity contribution is -0.386. The maximum absolute atomic E-state index is 11.6. The monoisotopic (exact) mass is 431 g/mol. The predicted octanol–water partition coefficient (Wildman–Crippen LogP) is 2.66. The largest absolute Gasteiger partial charge is 0.501 e. The van der Waals surface area contributed by atoms with Gasteiger partial charge >= 0.3 is 5.69 Å². The van der Waals surface area contributed by atoms with Gasteiger partial charge in [0, 0.05) is 16.5 Å². The number of carbonyl (C=O) groups is 1. The third kappa shape index (κ3) is 4.24. The fraction of sp³-hybridized carbons (Fsp3) is 0.0769. The lowest BCUT2D eigenvalue weighted by Crippen LogP contribution is -2.19. The Balaban J connectivity index is 2.04. The average Bonchev–Trinajstić information content (AvgIpc) is 2.95. The Labute approximate surface area is 143 Å². The Morgan fingerprint density at radius 3 is 2.95 bits per heavy atom. The first-order chi connectivity index (χ1) is 10.5. The highest BCUT2D eigenvalue weighted by molar-refractivity contribution is 14.1. The highest BCUT2D eigenvalue weighted by Gasteiger charge is 2.17. The molecule has 0 atom stereocenters. The van der Waals surface area contributed by atoms with Crippen LogP contribution in [0.3, 0.4) is 0 Å². The van der Waals surface area contributed by atoms with Crippen LogP contribution in [-0.4, -0.2) is 22.2 Å². The van der Waals surface area contributed by atoms with Crippen molar-refractivity contribution in [2.75, 3.05) is 0 Å². The Morgan fingerprint density at radius 2 is 2.32 bits per heavy atom. The number of phenols is 1. The van der Waals surface area contributed by atoms with Gasteiger partial charge in [0.15, 0.2) is 0 Å². The maximum atomic E-state index is 11.6. The summed E-state index contributed by atoms with van der Waals surface area (Å²) in [5, 5.41) is 26.0. The molecule has 0 aliphatic carbocycles. The van der Waals surface area contributed by atoms with Crippen LogP contribution in [0.25, 0.3) is 0 Å². The predicted molar refractivity (Wildman–Crippen MR) is 91.2 cm³/mol. The van der Waals surface area contributed by atoms with Gasteiger partial charge in [-0.1, -0.05) is 6.07 Å². The van der Waals surface area contributed by atoms with Crippen molar-refractivity contribution in [2.45, 2.75) is 6.42 Å². The standard InChI is InChI=1S/C13H10IN3O4S/c14-10-4-8(5-11(13(10)19)17(20)21)7-15-16-12(18)6-9-2-1-3-22-9/h1-5,7,19H,6H2,(H,16,18)/b15-7-. The molecule has 1 heterocycles. The number of phenolic OH excluding ortho intramolecular Hbond substituents is 1. The molecule has 2 aromatic rings. The van der Waals surface area contributed by atoms with Crippen LogP contribution < -0.4 is 5.43 Å². The molecule has 1 aromatic carbocycles. The average molecular weight is 431 g/mol. The van der Waals surface area contributed by atoms with Gasteiger partial charge in [-0.05, 0) is 40.1 Å². The van der Waals surface area contributed by atoms with Crippen LogP contribution in [0.5, 0.6) is 5.75 Å². The number of benzene rings is 1. The normalized spacial score (nSPS) is 10.8. The molecule has 9 heteroatoms. The summed E-state index contributed by atoms with van der Waals surface area (Å²) in [5.74, 6) is -0.661. The molecule has 0 spiro atoms. The molecule has 22 heavy (non-hydrogen) atoms. The number of hydrogen-bond donors (Lipinski definition) is 2. The number of halogens is 1. The molecule has 0 bridgehead atoms. The SMILES string of the molecule is O=C(Cc1cccs1)N/N=C\c1cc(I)c(O)c([N+](=O)[O-])c1. The zero-order chi connectivity index (χ0) is 16.1. The minimum absolute atomic E-state index is 0.224.